The molecule has 1 aromatic carbocycles. The van der Waals surface area contributed by atoms with E-state index in [1.54, 1.807) is 27.9 Å². The summed E-state index contributed by atoms with van der Waals surface area (Å²) in [6.45, 7) is 5.44. The van der Waals surface area contributed by atoms with Crippen molar-refractivity contribution in [2.45, 2.75) is 19.4 Å². The molecule has 0 spiro atoms. The van der Waals surface area contributed by atoms with Gasteiger partial charge in [-0.15, -0.1) is 0 Å². The van der Waals surface area contributed by atoms with Gasteiger partial charge in [-0.25, -0.2) is 14.6 Å². The number of carbonyl (C=O) groups is 1. The minimum Gasteiger partial charge on any atom is -0.352 e. The highest BCUT2D eigenvalue weighted by Crippen LogP contribution is 2.24. The third-order valence-electron chi connectivity index (χ3n) is 5.62. The van der Waals surface area contributed by atoms with Gasteiger partial charge in [0.1, 0.15) is 17.4 Å². The van der Waals surface area contributed by atoms with Crippen LogP contribution in [0.4, 0.5) is 5.82 Å². The van der Waals surface area contributed by atoms with Crippen molar-refractivity contribution >= 4 is 46.6 Å². The Morgan fingerprint density at radius 1 is 1.15 bits per heavy atom. The fourth-order valence-electron chi connectivity index (χ4n) is 3.76. The molecule has 33 heavy (non-hydrogen) atoms. The second-order valence-electron chi connectivity index (χ2n) is 7.84. The molecule has 2 aromatic heterocycles. The van der Waals surface area contributed by atoms with Gasteiger partial charge >= 0.3 is 0 Å². The number of benzene rings is 1. The minimum atomic E-state index is 0.213. The molecule has 0 aliphatic carbocycles. The Labute approximate surface area is 201 Å². The standard InChI is InChI=1S/C18H15Cl2N7O.C4H9N/c19-13-2-1-12(14(20)7-13)10-27-18-17(15(8-21)24-27)22-9-16(23-18)26-5-3-25(11-28)4-6-26;1-2-4-5-3-1/h1-2,7,9,11H,3-6,10H2;5H,1-4H2. The molecule has 2 fully saturated rings. The molecule has 3 aromatic rings. The topological polar surface area (TPSA) is 103 Å². The molecule has 0 radical (unpaired) electrons. The largest absolute Gasteiger partial charge is 0.352 e. The monoisotopic (exact) mass is 486 g/mol. The van der Waals surface area contributed by atoms with Crippen molar-refractivity contribution in [3.05, 3.63) is 45.7 Å². The molecule has 0 bridgehead atoms. The Morgan fingerprint density at radius 2 is 1.91 bits per heavy atom. The first-order valence-corrected chi connectivity index (χ1v) is 11.6. The Morgan fingerprint density at radius 3 is 2.52 bits per heavy atom. The lowest BCUT2D eigenvalue weighted by molar-refractivity contribution is -0.118. The molecule has 0 unspecified atom stereocenters. The van der Waals surface area contributed by atoms with Gasteiger partial charge in [-0.05, 0) is 43.6 Å². The fraction of sp³-hybridized carbons (Fsp3) is 0.409. The lowest BCUT2D eigenvalue weighted by Crippen LogP contribution is -2.46. The van der Waals surface area contributed by atoms with Crippen LogP contribution in [0.5, 0.6) is 0 Å². The predicted molar refractivity (Wildman–Crippen MR) is 128 cm³/mol. The number of fused-ring (bicyclic) bond motifs is 1. The Bertz CT molecular complexity index is 1160. The van der Waals surface area contributed by atoms with E-state index in [9.17, 15) is 10.1 Å². The van der Waals surface area contributed by atoms with E-state index in [0.717, 1.165) is 12.0 Å². The maximum Gasteiger partial charge on any atom is 0.209 e. The summed E-state index contributed by atoms with van der Waals surface area (Å²) < 4.78 is 1.63. The highest BCUT2D eigenvalue weighted by Gasteiger charge is 2.20. The summed E-state index contributed by atoms with van der Waals surface area (Å²) in [4.78, 5) is 23.8. The van der Waals surface area contributed by atoms with Crippen LogP contribution in [-0.2, 0) is 11.3 Å². The van der Waals surface area contributed by atoms with Crippen LogP contribution in [0.2, 0.25) is 10.0 Å². The number of nitrogens with zero attached hydrogens (tertiary/aromatic N) is 7. The molecule has 2 aliphatic rings. The molecule has 1 N–H and O–H groups in total. The molecule has 9 nitrogen and oxygen atoms in total. The summed E-state index contributed by atoms with van der Waals surface area (Å²) in [6, 6.07) is 7.30. The van der Waals surface area contributed by atoms with Crippen LogP contribution in [0, 0.1) is 11.3 Å². The number of piperazine rings is 1. The number of hydrogen-bond donors (Lipinski definition) is 1. The van der Waals surface area contributed by atoms with Crippen LogP contribution >= 0.6 is 23.2 Å². The third-order valence-corrected chi connectivity index (χ3v) is 6.20. The zero-order valence-corrected chi connectivity index (χ0v) is 19.6. The van der Waals surface area contributed by atoms with E-state index >= 15 is 0 Å². The van der Waals surface area contributed by atoms with Crippen LogP contribution < -0.4 is 10.2 Å². The van der Waals surface area contributed by atoms with Gasteiger partial charge in [0.15, 0.2) is 11.3 Å². The first-order chi connectivity index (χ1) is 16.1. The summed E-state index contributed by atoms with van der Waals surface area (Å²) in [5.41, 5.74) is 1.98. The molecular weight excluding hydrogens is 463 g/mol. The molecule has 0 saturated carbocycles. The van der Waals surface area contributed by atoms with Crippen molar-refractivity contribution in [1.29, 1.82) is 5.26 Å². The number of hydrogen-bond acceptors (Lipinski definition) is 7. The summed E-state index contributed by atoms with van der Waals surface area (Å²) in [5, 5.41) is 18.0. The minimum absolute atomic E-state index is 0.213. The van der Waals surface area contributed by atoms with Crippen molar-refractivity contribution in [3.63, 3.8) is 0 Å². The van der Waals surface area contributed by atoms with Gasteiger partial charge in [-0.3, -0.25) is 4.79 Å². The fourth-order valence-corrected chi connectivity index (χ4v) is 4.23. The highest BCUT2D eigenvalue weighted by atomic mass is 35.5. The van der Waals surface area contributed by atoms with Crippen LogP contribution in [-0.4, -0.2) is 70.3 Å². The number of rotatable bonds is 4. The number of anilines is 1. The quantitative estimate of drug-likeness (QED) is 0.565. The SMILES string of the molecule is C1CCNC1.N#Cc1nn(Cc2ccc(Cl)cc2Cl)c2nc(N3CCN(C=O)CC3)cnc12. The first-order valence-electron chi connectivity index (χ1n) is 10.8. The number of nitriles is 1. The van der Waals surface area contributed by atoms with Gasteiger partial charge < -0.3 is 15.1 Å². The smallest absolute Gasteiger partial charge is 0.209 e. The van der Waals surface area contributed by atoms with Crippen LogP contribution in [0.15, 0.2) is 24.4 Å². The van der Waals surface area contributed by atoms with Gasteiger partial charge in [0.05, 0.1) is 12.7 Å². The summed E-state index contributed by atoms with van der Waals surface area (Å²) in [7, 11) is 0. The van der Waals surface area contributed by atoms with Crippen molar-refractivity contribution < 1.29 is 4.79 Å². The van der Waals surface area contributed by atoms with Crippen LogP contribution in [0.1, 0.15) is 24.1 Å². The normalized spacial score (nSPS) is 15.8. The molecule has 4 heterocycles. The van der Waals surface area contributed by atoms with Crippen molar-refractivity contribution in [2.75, 3.05) is 44.2 Å². The lowest BCUT2D eigenvalue weighted by atomic mass is 10.2. The van der Waals surface area contributed by atoms with E-state index in [-0.39, 0.29) is 5.69 Å². The van der Waals surface area contributed by atoms with E-state index in [1.807, 2.05) is 6.07 Å². The summed E-state index contributed by atoms with van der Waals surface area (Å²) in [6.07, 6.45) is 5.28. The second-order valence-corrected chi connectivity index (χ2v) is 8.68. The number of aromatic nitrogens is 4. The van der Waals surface area contributed by atoms with Crippen LogP contribution in [0.3, 0.4) is 0 Å². The van der Waals surface area contributed by atoms with E-state index in [2.05, 4.69) is 26.4 Å². The van der Waals surface area contributed by atoms with Gasteiger partial charge in [0.2, 0.25) is 6.41 Å². The number of amides is 1. The van der Waals surface area contributed by atoms with E-state index in [0.29, 0.717) is 59.8 Å². The molecule has 172 valence electrons. The molecule has 2 aliphatic heterocycles. The van der Waals surface area contributed by atoms with Crippen molar-refractivity contribution in [2.24, 2.45) is 0 Å². The van der Waals surface area contributed by atoms with E-state index in [4.69, 9.17) is 28.2 Å². The third kappa shape index (κ3) is 5.53. The van der Waals surface area contributed by atoms with Crippen molar-refractivity contribution in [3.8, 4) is 6.07 Å². The Kier molecular flexibility index (Phi) is 7.60. The maximum atomic E-state index is 10.9. The molecule has 2 saturated heterocycles. The van der Waals surface area contributed by atoms with Gasteiger partial charge in [0.25, 0.3) is 0 Å². The van der Waals surface area contributed by atoms with E-state index < -0.39 is 0 Å². The zero-order valence-electron chi connectivity index (χ0n) is 18.0. The second kappa shape index (κ2) is 10.8. The molecule has 0 atom stereocenters. The predicted octanol–water partition coefficient (Wildman–Crippen LogP) is 2.70. The number of halogens is 2. The molecule has 1 amide bonds. The molecule has 5 rings (SSSR count). The average molecular weight is 487 g/mol. The highest BCUT2D eigenvalue weighted by molar-refractivity contribution is 6.35. The van der Waals surface area contributed by atoms with Gasteiger partial charge in [-0.2, -0.15) is 10.4 Å². The Hall–Kier alpha value is -2.93. The lowest BCUT2D eigenvalue weighted by Gasteiger charge is -2.33. The summed E-state index contributed by atoms with van der Waals surface area (Å²) in [5.74, 6) is 0.686. The number of carbonyl (C=O) groups excluding carboxylic acids is 1. The molecule has 11 heteroatoms. The number of nitrogens with one attached hydrogen (secondary N) is 1. The molecular formula is C22H24Cl2N8O. The van der Waals surface area contributed by atoms with Gasteiger partial charge in [0, 0.05) is 36.2 Å². The maximum absolute atomic E-state index is 10.9. The van der Waals surface area contributed by atoms with Gasteiger partial charge in [-0.1, -0.05) is 29.3 Å². The van der Waals surface area contributed by atoms with E-state index in [1.165, 1.54) is 25.9 Å². The summed E-state index contributed by atoms with van der Waals surface area (Å²) >= 11 is 12.2. The average Bonchev–Trinajstić information content (AvgIpc) is 3.53. The Balaban J connectivity index is 0.000000459. The zero-order chi connectivity index (χ0) is 23.2. The first kappa shape index (κ1) is 23.2. The van der Waals surface area contributed by atoms with Crippen molar-refractivity contribution in [1.82, 2.24) is 30.0 Å². The van der Waals surface area contributed by atoms with Crippen LogP contribution in [0.25, 0.3) is 11.2 Å².